The molecule has 2 aromatic carbocycles. The molecular formula is C41H41Cl2FN6O2S. The van der Waals surface area contributed by atoms with Gasteiger partial charge in [0, 0.05) is 69.5 Å². The van der Waals surface area contributed by atoms with Crippen LogP contribution in [0, 0.1) is 42.8 Å². The number of nitrogens with one attached hydrogen (secondary N) is 1. The lowest BCUT2D eigenvalue weighted by Gasteiger charge is -2.39. The second-order valence-corrected chi connectivity index (χ2v) is 17.3. The Labute approximate surface area is 322 Å². The van der Waals surface area contributed by atoms with E-state index < -0.39 is 5.82 Å². The Morgan fingerprint density at radius 2 is 2.00 bits per heavy atom. The van der Waals surface area contributed by atoms with Gasteiger partial charge in [-0.2, -0.15) is 9.64 Å². The van der Waals surface area contributed by atoms with E-state index in [1.807, 2.05) is 26.8 Å². The topological polar surface area (TPSA) is 96.1 Å². The molecule has 1 amide bonds. The molecule has 3 aliphatic heterocycles. The molecule has 0 spiro atoms. The fraction of sp³-hybridized carbons (Fsp3) is 0.463. The van der Waals surface area contributed by atoms with Crippen molar-refractivity contribution in [1.29, 1.82) is 5.26 Å². The van der Waals surface area contributed by atoms with Crippen molar-refractivity contribution < 1.29 is 13.9 Å². The van der Waals surface area contributed by atoms with E-state index in [2.05, 4.69) is 44.3 Å². The van der Waals surface area contributed by atoms with Crippen LogP contribution in [0.5, 0.6) is 0 Å². The summed E-state index contributed by atoms with van der Waals surface area (Å²) in [7, 11) is 0. The highest BCUT2D eigenvalue weighted by Crippen LogP contribution is 2.52. The number of nitrogens with zero attached hydrogens (tertiary/aromatic N) is 5. The highest BCUT2D eigenvalue weighted by atomic mass is 35.5. The second kappa shape index (κ2) is 13.3. The summed E-state index contributed by atoms with van der Waals surface area (Å²) >= 11 is 14.6. The number of carbonyl (C=O) groups excluding carboxylic acids is 1. The number of hydrogen-bond donors (Lipinski definition) is 1. The fourth-order valence-corrected chi connectivity index (χ4v) is 10.3. The number of amides is 1. The standard InChI is InChI=1S/C41H41Cl2FN6O2S/c1-19-13-30(48-53-19)22(4)52-34-17-33(49(21(34)3)41(51)23-10-11-23)32-16-27-20(2)47-38-28(40(27)50(32)39-25-15-31(39)46-18-25)14-24(7-6-12-45)35(37(38)44)26-8-5-9-29(42)36(26)43/h5,8-9,13-14,16,21-23,25,31,33-34,39,46H,6-7,10-11,15,17-18H2,1-4H3. The summed E-state index contributed by atoms with van der Waals surface area (Å²) < 4.78 is 31.1. The summed E-state index contributed by atoms with van der Waals surface area (Å²) in [4.78, 5) is 22.4. The van der Waals surface area contributed by atoms with Crippen molar-refractivity contribution in [3.63, 3.8) is 0 Å². The van der Waals surface area contributed by atoms with Crippen molar-refractivity contribution >= 4 is 62.4 Å². The molecule has 274 valence electrons. The number of aryl methyl sites for hydroxylation is 3. The van der Waals surface area contributed by atoms with Gasteiger partial charge in [0.2, 0.25) is 5.91 Å². The predicted molar refractivity (Wildman–Crippen MR) is 207 cm³/mol. The normalized spacial score (nSPS) is 25.7. The number of likely N-dealkylation sites (tertiary alicyclic amines) is 1. The van der Waals surface area contributed by atoms with Gasteiger partial charge in [-0.05, 0) is 101 Å². The third-order valence-corrected chi connectivity index (χ3v) is 13.7. The first kappa shape index (κ1) is 35.1. The van der Waals surface area contributed by atoms with Gasteiger partial charge in [0.15, 0.2) is 5.82 Å². The Hall–Kier alpha value is -3.59. The van der Waals surface area contributed by atoms with Gasteiger partial charge in [-0.3, -0.25) is 4.79 Å². The first-order chi connectivity index (χ1) is 25.5. The van der Waals surface area contributed by atoms with Crippen molar-refractivity contribution in [2.75, 3.05) is 6.54 Å². The van der Waals surface area contributed by atoms with Crippen molar-refractivity contribution in [3.8, 4) is 17.2 Å². The van der Waals surface area contributed by atoms with Gasteiger partial charge in [-0.25, -0.2) is 9.37 Å². The number of carbonyl (C=O) groups is 1. The Balaban J connectivity index is 1.25. The van der Waals surface area contributed by atoms with E-state index in [-0.39, 0.29) is 65.2 Å². The Bertz CT molecular complexity index is 2330. The SMILES string of the molecule is Cc1cc(C(C)OC2CC(c3cc4c(C)nc5c(F)c(-c6cccc(Cl)c6Cl)c(CCC#N)cc5c4n3C3C4CNC3C4)N(C(=O)C3CC3)C2C)ns1. The monoisotopic (exact) mass is 770 g/mol. The first-order valence-electron chi connectivity index (χ1n) is 18.7. The van der Waals surface area contributed by atoms with Crippen molar-refractivity contribution in [1.82, 2.24) is 24.1 Å². The molecule has 5 aliphatic rings. The Morgan fingerprint density at radius 3 is 2.68 bits per heavy atom. The molecule has 0 radical (unpaired) electrons. The van der Waals surface area contributed by atoms with E-state index in [4.69, 9.17) is 32.9 Å². The zero-order valence-electron chi connectivity index (χ0n) is 30.1. The molecule has 5 aromatic rings. The molecule has 1 N–H and O–H groups in total. The zero-order valence-corrected chi connectivity index (χ0v) is 32.5. The van der Waals surface area contributed by atoms with Crippen molar-refractivity contribution in [2.45, 2.75) is 103 Å². The number of rotatable bonds is 9. The average Bonchev–Trinajstić information content (AvgIpc) is 3.51. The fourth-order valence-electron chi connectivity index (χ4n) is 9.33. The Morgan fingerprint density at radius 1 is 1.19 bits per heavy atom. The molecule has 3 saturated heterocycles. The lowest BCUT2D eigenvalue weighted by molar-refractivity contribution is -0.137. The van der Waals surface area contributed by atoms with E-state index in [0.717, 1.165) is 53.0 Å². The maximum absolute atomic E-state index is 17.3. The molecule has 8 nitrogen and oxygen atoms in total. The summed E-state index contributed by atoms with van der Waals surface area (Å²) in [5.41, 5.74) is 5.33. The van der Waals surface area contributed by atoms with Gasteiger partial charge >= 0.3 is 0 Å². The molecule has 7 atom stereocenters. The van der Waals surface area contributed by atoms with Gasteiger partial charge in [0.25, 0.3) is 0 Å². The number of benzene rings is 2. The van der Waals surface area contributed by atoms with Crippen LogP contribution in [0.1, 0.15) is 91.7 Å². The summed E-state index contributed by atoms with van der Waals surface area (Å²) in [6, 6.07) is 13.8. The summed E-state index contributed by atoms with van der Waals surface area (Å²) in [5, 5.41) is 15.6. The minimum Gasteiger partial charge on any atom is -0.367 e. The molecule has 2 bridgehead atoms. The summed E-state index contributed by atoms with van der Waals surface area (Å²) in [6.07, 6.45) is 3.67. The minimum absolute atomic E-state index is 0.0365. The molecule has 6 heterocycles. The van der Waals surface area contributed by atoms with Crippen molar-refractivity contribution in [2.24, 2.45) is 11.8 Å². The first-order valence-corrected chi connectivity index (χ1v) is 20.2. The number of pyridine rings is 1. The number of aromatic nitrogens is 3. The van der Waals surface area contributed by atoms with Crippen LogP contribution in [-0.2, 0) is 16.0 Å². The molecule has 10 rings (SSSR count). The quantitative estimate of drug-likeness (QED) is 0.160. The van der Waals surface area contributed by atoms with Crippen LogP contribution < -0.4 is 5.32 Å². The van der Waals surface area contributed by atoms with Crippen LogP contribution in [0.4, 0.5) is 4.39 Å². The van der Waals surface area contributed by atoms with Crippen LogP contribution in [0.25, 0.3) is 32.9 Å². The third kappa shape index (κ3) is 5.69. The highest BCUT2D eigenvalue weighted by molar-refractivity contribution is 7.05. The molecule has 2 aliphatic carbocycles. The van der Waals surface area contributed by atoms with E-state index in [9.17, 15) is 10.1 Å². The van der Waals surface area contributed by atoms with Crippen LogP contribution in [0.3, 0.4) is 0 Å². The molecule has 12 heteroatoms. The molecule has 2 saturated carbocycles. The van der Waals surface area contributed by atoms with Crippen LogP contribution in [0.15, 0.2) is 36.4 Å². The number of hydrogen-bond acceptors (Lipinski definition) is 7. The average molecular weight is 772 g/mol. The lowest BCUT2D eigenvalue weighted by Crippen LogP contribution is -2.43. The highest BCUT2D eigenvalue weighted by Gasteiger charge is 2.52. The number of nitriles is 1. The largest absolute Gasteiger partial charge is 0.367 e. The zero-order chi connectivity index (χ0) is 36.9. The maximum Gasteiger partial charge on any atom is 0.226 e. The molecule has 7 unspecified atom stereocenters. The van der Waals surface area contributed by atoms with Crippen LogP contribution in [0.2, 0.25) is 10.0 Å². The van der Waals surface area contributed by atoms with E-state index >= 15 is 4.39 Å². The molecule has 53 heavy (non-hydrogen) atoms. The Kier molecular flexibility index (Phi) is 8.82. The van der Waals surface area contributed by atoms with Crippen LogP contribution in [-0.4, -0.2) is 49.5 Å². The van der Waals surface area contributed by atoms with Gasteiger partial charge in [0.05, 0.1) is 57.7 Å². The number of fused-ring (bicyclic) bond motifs is 4. The van der Waals surface area contributed by atoms with Gasteiger partial charge in [-0.15, -0.1) is 0 Å². The van der Waals surface area contributed by atoms with E-state index in [0.29, 0.717) is 51.6 Å². The third-order valence-electron chi connectivity index (χ3n) is 12.2. The van der Waals surface area contributed by atoms with E-state index in [1.165, 1.54) is 11.5 Å². The number of halogens is 3. The maximum atomic E-state index is 17.3. The van der Waals surface area contributed by atoms with Crippen molar-refractivity contribution in [3.05, 3.63) is 79.8 Å². The smallest absolute Gasteiger partial charge is 0.226 e. The summed E-state index contributed by atoms with van der Waals surface area (Å²) in [6.45, 7) is 9.06. The van der Waals surface area contributed by atoms with Gasteiger partial charge in [-0.1, -0.05) is 35.3 Å². The summed E-state index contributed by atoms with van der Waals surface area (Å²) in [5.74, 6) is 0.157. The molecule has 5 fully saturated rings. The van der Waals surface area contributed by atoms with Gasteiger partial charge < -0.3 is 19.5 Å². The molecular weight excluding hydrogens is 730 g/mol. The lowest BCUT2D eigenvalue weighted by atomic mass is 9.79. The van der Waals surface area contributed by atoms with Crippen LogP contribution >= 0.6 is 34.7 Å². The second-order valence-electron chi connectivity index (χ2n) is 15.5. The minimum atomic E-state index is -0.478. The molecule has 3 aromatic heterocycles. The van der Waals surface area contributed by atoms with E-state index in [1.54, 1.807) is 18.2 Å². The van der Waals surface area contributed by atoms with Gasteiger partial charge in [0.1, 0.15) is 5.52 Å². The predicted octanol–water partition coefficient (Wildman–Crippen LogP) is 9.58. The number of ether oxygens (including phenoxy) is 1.